The normalized spacial score (nSPS) is 34.2. The van der Waals surface area contributed by atoms with Gasteiger partial charge in [-0.15, -0.1) is 0 Å². The molecule has 1 saturated heterocycles. The number of benzene rings is 1. The molecule has 2 bridgehead atoms. The highest BCUT2D eigenvalue weighted by atomic mass is 16.6. The summed E-state index contributed by atoms with van der Waals surface area (Å²) in [5.41, 5.74) is 2.28. The minimum absolute atomic E-state index is 0.127. The third kappa shape index (κ3) is 1.22. The van der Waals surface area contributed by atoms with Crippen LogP contribution in [0.1, 0.15) is 56.5 Å². The molecule has 2 heterocycles. The Balaban J connectivity index is 1.75. The van der Waals surface area contributed by atoms with Gasteiger partial charge < -0.3 is 9.47 Å². The first kappa shape index (κ1) is 12.1. The minimum Gasteiger partial charge on any atom is -0.393 e. The van der Waals surface area contributed by atoms with Gasteiger partial charge in [0.15, 0.2) is 0 Å². The SMILES string of the molecule is O=C1OC(=O)c2cc3c(cc21)C1CCC3C2C(=O)OC(=O)C12. The Bertz CT molecular complexity index is 742. The summed E-state index contributed by atoms with van der Waals surface area (Å²) in [6.45, 7) is 0. The van der Waals surface area contributed by atoms with Gasteiger partial charge in [-0.1, -0.05) is 0 Å². The zero-order chi connectivity index (χ0) is 15.2. The summed E-state index contributed by atoms with van der Waals surface area (Å²) >= 11 is 0. The van der Waals surface area contributed by atoms with Crippen molar-refractivity contribution >= 4 is 23.9 Å². The molecule has 0 amide bonds. The molecule has 4 unspecified atom stereocenters. The van der Waals surface area contributed by atoms with Crippen molar-refractivity contribution in [1.82, 2.24) is 0 Å². The lowest BCUT2D eigenvalue weighted by atomic mass is 9.57. The average Bonchev–Trinajstić information content (AvgIpc) is 2.97. The van der Waals surface area contributed by atoms with E-state index in [-0.39, 0.29) is 23.0 Å². The first-order chi connectivity index (χ1) is 10.6. The predicted molar refractivity (Wildman–Crippen MR) is 69.0 cm³/mol. The van der Waals surface area contributed by atoms with Gasteiger partial charge in [-0.05, 0) is 47.9 Å². The standard InChI is InChI=1S/C16H10O6/c17-13-9-3-7-5-1-2-6(8(7)4-10(9)14(18)21-13)12-11(5)15(19)22-16(12)20/h3-6,11-12H,1-2H2. The van der Waals surface area contributed by atoms with Gasteiger partial charge in [0.1, 0.15) is 0 Å². The molecule has 1 saturated carbocycles. The predicted octanol–water partition coefficient (Wildman–Crippen LogP) is 1.29. The topological polar surface area (TPSA) is 86.7 Å². The summed E-state index contributed by atoms with van der Waals surface area (Å²) in [4.78, 5) is 47.4. The van der Waals surface area contributed by atoms with Gasteiger partial charge in [-0.2, -0.15) is 0 Å². The Labute approximate surface area is 124 Å². The van der Waals surface area contributed by atoms with E-state index < -0.39 is 35.7 Å². The zero-order valence-corrected chi connectivity index (χ0v) is 11.3. The molecule has 2 aliphatic heterocycles. The lowest BCUT2D eigenvalue weighted by molar-refractivity contribution is -0.153. The van der Waals surface area contributed by atoms with Crippen LogP contribution in [0.25, 0.3) is 0 Å². The molecular formula is C16H10O6. The lowest BCUT2D eigenvalue weighted by Gasteiger charge is -2.43. The molecule has 4 atom stereocenters. The van der Waals surface area contributed by atoms with Crippen molar-refractivity contribution in [3.8, 4) is 0 Å². The minimum atomic E-state index is -0.647. The first-order valence-corrected chi connectivity index (χ1v) is 7.26. The number of rotatable bonds is 0. The van der Waals surface area contributed by atoms with Crippen LogP contribution < -0.4 is 0 Å². The average molecular weight is 298 g/mol. The number of ether oxygens (including phenoxy) is 2. The Morgan fingerprint density at radius 1 is 0.727 bits per heavy atom. The van der Waals surface area contributed by atoms with Crippen molar-refractivity contribution in [3.63, 3.8) is 0 Å². The van der Waals surface area contributed by atoms with Crippen LogP contribution in [-0.4, -0.2) is 23.9 Å². The van der Waals surface area contributed by atoms with Crippen LogP contribution in [0.5, 0.6) is 0 Å². The summed E-state index contributed by atoms with van der Waals surface area (Å²) in [5.74, 6) is -3.38. The largest absolute Gasteiger partial charge is 0.393 e. The fourth-order valence-corrected chi connectivity index (χ4v) is 4.58. The number of fused-ring (bicyclic) bond motifs is 2. The number of hydrogen-bond acceptors (Lipinski definition) is 6. The fourth-order valence-electron chi connectivity index (χ4n) is 4.58. The third-order valence-corrected chi connectivity index (χ3v) is 5.44. The summed E-state index contributed by atoms with van der Waals surface area (Å²) in [5, 5.41) is 0. The molecular weight excluding hydrogens is 288 g/mol. The number of carbonyl (C=O) groups excluding carboxylic acids is 4. The van der Waals surface area contributed by atoms with Crippen molar-refractivity contribution < 1.29 is 28.7 Å². The Hall–Kier alpha value is -2.50. The Morgan fingerprint density at radius 3 is 1.64 bits per heavy atom. The summed E-state index contributed by atoms with van der Waals surface area (Å²) < 4.78 is 9.47. The van der Waals surface area contributed by atoms with Crippen molar-refractivity contribution in [2.45, 2.75) is 24.7 Å². The van der Waals surface area contributed by atoms with Gasteiger partial charge in [0, 0.05) is 0 Å². The molecule has 5 aliphatic rings. The molecule has 1 aromatic carbocycles. The second-order valence-corrected chi connectivity index (χ2v) is 6.29. The third-order valence-electron chi connectivity index (χ3n) is 5.44. The number of carbonyl (C=O) groups is 4. The molecule has 110 valence electrons. The van der Waals surface area contributed by atoms with Crippen molar-refractivity contribution in [2.75, 3.05) is 0 Å². The quantitative estimate of drug-likeness (QED) is 0.530. The van der Waals surface area contributed by atoms with E-state index in [0.717, 1.165) is 24.0 Å². The van der Waals surface area contributed by atoms with Crippen molar-refractivity contribution in [3.05, 3.63) is 34.4 Å². The molecule has 1 aromatic rings. The molecule has 0 spiro atoms. The van der Waals surface area contributed by atoms with Gasteiger partial charge in [0.2, 0.25) is 0 Å². The smallest absolute Gasteiger partial charge is 0.346 e. The molecule has 0 N–H and O–H groups in total. The van der Waals surface area contributed by atoms with Crippen LogP contribution in [0.3, 0.4) is 0 Å². The molecule has 0 aromatic heterocycles. The Kier molecular flexibility index (Phi) is 1.99. The molecule has 6 heteroatoms. The molecule has 6 rings (SSSR count). The number of esters is 4. The van der Waals surface area contributed by atoms with Gasteiger partial charge in [0.25, 0.3) is 0 Å². The number of cyclic esters (lactones) is 4. The molecule has 3 aliphatic carbocycles. The fraction of sp³-hybridized carbons (Fsp3) is 0.375. The van der Waals surface area contributed by atoms with E-state index >= 15 is 0 Å². The lowest BCUT2D eigenvalue weighted by Crippen LogP contribution is -2.40. The van der Waals surface area contributed by atoms with E-state index in [0.29, 0.717) is 0 Å². The van der Waals surface area contributed by atoms with Crippen LogP contribution in [0, 0.1) is 11.8 Å². The summed E-state index contributed by atoms with van der Waals surface area (Å²) in [6, 6.07) is 3.34. The van der Waals surface area contributed by atoms with Crippen molar-refractivity contribution in [2.24, 2.45) is 11.8 Å². The highest BCUT2D eigenvalue weighted by Crippen LogP contribution is 2.58. The zero-order valence-electron chi connectivity index (χ0n) is 11.3. The molecule has 2 fully saturated rings. The van der Waals surface area contributed by atoms with Gasteiger partial charge in [0.05, 0.1) is 23.0 Å². The van der Waals surface area contributed by atoms with Crippen molar-refractivity contribution in [1.29, 1.82) is 0 Å². The maximum absolute atomic E-state index is 12.0. The van der Waals surface area contributed by atoms with E-state index in [4.69, 9.17) is 4.74 Å². The second kappa shape index (κ2) is 3.63. The van der Waals surface area contributed by atoms with E-state index in [2.05, 4.69) is 4.74 Å². The van der Waals surface area contributed by atoms with Crippen LogP contribution in [-0.2, 0) is 19.1 Å². The van der Waals surface area contributed by atoms with Gasteiger partial charge in [-0.25, -0.2) is 9.59 Å². The van der Waals surface area contributed by atoms with E-state index in [1.165, 1.54) is 0 Å². The maximum Gasteiger partial charge on any atom is 0.346 e. The molecule has 6 nitrogen and oxygen atoms in total. The molecule has 22 heavy (non-hydrogen) atoms. The van der Waals surface area contributed by atoms with Gasteiger partial charge >= 0.3 is 23.9 Å². The van der Waals surface area contributed by atoms with E-state index in [1.807, 2.05) is 0 Å². The highest BCUT2D eigenvalue weighted by molar-refractivity contribution is 6.15. The first-order valence-electron chi connectivity index (χ1n) is 7.26. The van der Waals surface area contributed by atoms with Crippen LogP contribution in [0.2, 0.25) is 0 Å². The maximum atomic E-state index is 12.0. The van der Waals surface area contributed by atoms with Crippen LogP contribution in [0.15, 0.2) is 12.1 Å². The molecule has 0 radical (unpaired) electrons. The highest BCUT2D eigenvalue weighted by Gasteiger charge is 2.59. The van der Waals surface area contributed by atoms with Gasteiger partial charge in [-0.3, -0.25) is 9.59 Å². The monoisotopic (exact) mass is 298 g/mol. The van der Waals surface area contributed by atoms with Crippen LogP contribution >= 0.6 is 0 Å². The summed E-state index contributed by atoms with van der Waals surface area (Å²) in [6.07, 6.45) is 1.56. The number of hydrogen-bond donors (Lipinski definition) is 0. The second-order valence-electron chi connectivity index (χ2n) is 6.29. The summed E-state index contributed by atoms with van der Waals surface area (Å²) in [7, 11) is 0. The van der Waals surface area contributed by atoms with Crippen LogP contribution in [0.4, 0.5) is 0 Å². The van der Waals surface area contributed by atoms with E-state index in [1.54, 1.807) is 12.1 Å². The van der Waals surface area contributed by atoms with E-state index in [9.17, 15) is 19.2 Å². The Morgan fingerprint density at radius 2 is 1.18 bits per heavy atom.